The van der Waals surface area contributed by atoms with Gasteiger partial charge < -0.3 is 11.1 Å². The van der Waals surface area contributed by atoms with E-state index in [1.54, 1.807) is 18.7 Å². The van der Waals surface area contributed by atoms with Crippen LogP contribution in [0.15, 0.2) is 47.4 Å². The van der Waals surface area contributed by atoms with E-state index in [0.717, 1.165) is 27.5 Å². The molecule has 2 aromatic rings. The minimum atomic E-state index is 0.516. The van der Waals surface area contributed by atoms with E-state index in [2.05, 4.69) is 18.2 Å². The van der Waals surface area contributed by atoms with Crippen LogP contribution in [0.3, 0.4) is 0 Å². The Morgan fingerprint density at radius 1 is 1.14 bits per heavy atom. The zero-order chi connectivity index (χ0) is 15.8. The largest absolute Gasteiger partial charge is 0.397 e. The molecule has 2 nitrogen and oxygen atoms in total. The fraction of sp³-hybridized carbons (Fsp3) is 0.278. The average Bonchev–Trinajstić information content (AvgIpc) is 2.50. The second kappa shape index (κ2) is 8.53. The molecule has 112 valence electrons. The van der Waals surface area contributed by atoms with Crippen molar-refractivity contribution in [3.05, 3.63) is 59.2 Å². The Hall–Kier alpha value is -1.74. The molecule has 3 heteroatoms. The summed E-state index contributed by atoms with van der Waals surface area (Å²) in [5.74, 6) is 0.894. The van der Waals surface area contributed by atoms with Gasteiger partial charge in [-0.3, -0.25) is 0 Å². The standard InChI is InChI=1S/C16H18N2S.C2H6/c1-11-8-14(12(2)17)16(18)15(9-11)19-10-13-6-4-3-5-7-13;1-2/h3-9,17H,10,18H2,1-2H3;1-2H3. The van der Waals surface area contributed by atoms with Crippen LogP contribution in [-0.2, 0) is 5.75 Å². The van der Waals surface area contributed by atoms with E-state index in [1.807, 2.05) is 45.0 Å². The van der Waals surface area contributed by atoms with E-state index in [-0.39, 0.29) is 0 Å². The third-order valence-corrected chi connectivity index (χ3v) is 4.05. The van der Waals surface area contributed by atoms with Crippen LogP contribution in [-0.4, -0.2) is 5.71 Å². The lowest BCUT2D eigenvalue weighted by Crippen LogP contribution is -2.02. The van der Waals surface area contributed by atoms with E-state index >= 15 is 0 Å². The van der Waals surface area contributed by atoms with Crippen LogP contribution in [0.5, 0.6) is 0 Å². The molecule has 0 saturated heterocycles. The van der Waals surface area contributed by atoms with Crippen molar-refractivity contribution >= 4 is 23.2 Å². The molecule has 0 heterocycles. The molecule has 0 atom stereocenters. The number of nitrogen functional groups attached to an aromatic ring is 1. The van der Waals surface area contributed by atoms with Crippen LogP contribution in [0.4, 0.5) is 5.69 Å². The quantitative estimate of drug-likeness (QED) is 0.458. The van der Waals surface area contributed by atoms with Crippen LogP contribution < -0.4 is 5.73 Å². The van der Waals surface area contributed by atoms with Gasteiger partial charge in [0, 0.05) is 21.9 Å². The molecule has 0 bridgehead atoms. The molecule has 0 fully saturated rings. The lowest BCUT2D eigenvalue weighted by atomic mass is 10.1. The number of rotatable bonds is 4. The Kier molecular flexibility index (Phi) is 7.03. The monoisotopic (exact) mass is 300 g/mol. The molecule has 0 saturated carbocycles. The number of nitrogens with two attached hydrogens (primary N) is 1. The van der Waals surface area contributed by atoms with E-state index < -0.39 is 0 Å². The lowest BCUT2D eigenvalue weighted by molar-refractivity contribution is 1.32. The minimum absolute atomic E-state index is 0.516. The zero-order valence-corrected chi connectivity index (χ0v) is 14.1. The van der Waals surface area contributed by atoms with Crippen LogP contribution in [0.1, 0.15) is 37.5 Å². The molecule has 3 N–H and O–H groups in total. The molecule has 0 aliphatic heterocycles. The number of benzene rings is 2. The van der Waals surface area contributed by atoms with Gasteiger partial charge in [-0.25, -0.2) is 0 Å². The van der Waals surface area contributed by atoms with Gasteiger partial charge in [-0.05, 0) is 37.1 Å². The summed E-state index contributed by atoms with van der Waals surface area (Å²) in [6.45, 7) is 7.81. The first-order valence-corrected chi connectivity index (χ1v) is 8.19. The first-order valence-electron chi connectivity index (χ1n) is 7.20. The Bertz CT molecular complexity index is 592. The molecule has 0 aliphatic rings. The predicted molar refractivity (Wildman–Crippen MR) is 95.4 cm³/mol. The molecule has 21 heavy (non-hydrogen) atoms. The van der Waals surface area contributed by atoms with E-state index in [0.29, 0.717) is 5.71 Å². The van der Waals surface area contributed by atoms with E-state index in [9.17, 15) is 0 Å². The van der Waals surface area contributed by atoms with Crippen molar-refractivity contribution in [1.29, 1.82) is 5.41 Å². The highest BCUT2D eigenvalue weighted by Crippen LogP contribution is 2.32. The van der Waals surface area contributed by atoms with E-state index in [1.165, 1.54) is 5.56 Å². The number of aryl methyl sites for hydroxylation is 1. The van der Waals surface area contributed by atoms with Gasteiger partial charge in [0.15, 0.2) is 0 Å². The summed E-state index contributed by atoms with van der Waals surface area (Å²) in [4.78, 5) is 1.06. The second-order valence-corrected chi connectivity index (χ2v) is 5.64. The number of hydrogen-bond acceptors (Lipinski definition) is 3. The molecule has 0 aliphatic carbocycles. The van der Waals surface area contributed by atoms with Gasteiger partial charge in [0.2, 0.25) is 0 Å². The summed E-state index contributed by atoms with van der Waals surface area (Å²) >= 11 is 1.72. The highest BCUT2D eigenvalue weighted by atomic mass is 32.2. The van der Waals surface area contributed by atoms with Crippen molar-refractivity contribution in [2.75, 3.05) is 5.73 Å². The second-order valence-electron chi connectivity index (χ2n) is 4.62. The Morgan fingerprint density at radius 2 is 1.76 bits per heavy atom. The minimum Gasteiger partial charge on any atom is -0.397 e. The molecular formula is C18H24N2S. The van der Waals surface area contributed by atoms with Crippen molar-refractivity contribution in [2.45, 2.75) is 38.3 Å². The number of thioether (sulfide) groups is 1. The topological polar surface area (TPSA) is 49.9 Å². The van der Waals surface area contributed by atoms with Crippen LogP contribution in [0, 0.1) is 12.3 Å². The van der Waals surface area contributed by atoms with Crippen molar-refractivity contribution in [3.63, 3.8) is 0 Å². The maximum Gasteiger partial charge on any atom is 0.0544 e. The number of anilines is 1. The molecule has 0 unspecified atom stereocenters. The van der Waals surface area contributed by atoms with Gasteiger partial charge in [-0.1, -0.05) is 44.2 Å². The Labute approximate surface area is 132 Å². The fourth-order valence-corrected chi connectivity index (χ4v) is 2.98. The van der Waals surface area contributed by atoms with Crippen LogP contribution >= 0.6 is 11.8 Å². The van der Waals surface area contributed by atoms with Gasteiger partial charge in [0.05, 0.1) is 5.69 Å². The van der Waals surface area contributed by atoms with Gasteiger partial charge in [0.1, 0.15) is 0 Å². The summed E-state index contributed by atoms with van der Waals surface area (Å²) in [6.07, 6.45) is 0. The van der Waals surface area contributed by atoms with Gasteiger partial charge in [-0.15, -0.1) is 11.8 Å². The predicted octanol–water partition coefficient (Wildman–Crippen LogP) is 5.28. The molecule has 0 aromatic heterocycles. The van der Waals surface area contributed by atoms with Crippen molar-refractivity contribution in [1.82, 2.24) is 0 Å². The van der Waals surface area contributed by atoms with Gasteiger partial charge in [-0.2, -0.15) is 0 Å². The summed E-state index contributed by atoms with van der Waals surface area (Å²) in [6, 6.07) is 14.4. The average molecular weight is 300 g/mol. The molecule has 0 amide bonds. The molecule has 0 radical (unpaired) electrons. The first kappa shape index (κ1) is 17.3. The SMILES string of the molecule is CC.CC(=N)c1cc(C)cc(SCc2ccccc2)c1N. The Morgan fingerprint density at radius 3 is 2.33 bits per heavy atom. The summed E-state index contributed by atoms with van der Waals surface area (Å²) in [5.41, 5.74) is 10.7. The fourth-order valence-electron chi connectivity index (χ4n) is 1.93. The third kappa shape index (κ3) is 4.94. The smallest absolute Gasteiger partial charge is 0.0544 e. The van der Waals surface area contributed by atoms with Crippen molar-refractivity contribution in [2.24, 2.45) is 0 Å². The molecule has 2 aromatic carbocycles. The van der Waals surface area contributed by atoms with Gasteiger partial charge in [0.25, 0.3) is 0 Å². The maximum atomic E-state index is 7.78. The first-order chi connectivity index (χ1) is 10.1. The normalized spacial score (nSPS) is 9.71. The zero-order valence-electron chi connectivity index (χ0n) is 13.2. The number of hydrogen-bond donors (Lipinski definition) is 2. The van der Waals surface area contributed by atoms with Crippen molar-refractivity contribution in [3.8, 4) is 0 Å². The van der Waals surface area contributed by atoms with Crippen molar-refractivity contribution < 1.29 is 0 Å². The molecular weight excluding hydrogens is 276 g/mol. The molecule has 2 rings (SSSR count). The molecule has 0 spiro atoms. The van der Waals surface area contributed by atoms with Crippen LogP contribution in [0.2, 0.25) is 0 Å². The summed E-state index contributed by atoms with van der Waals surface area (Å²) in [5, 5.41) is 7.78. The summed E-state index contributed by atoms with van der Waals surface area (Å²) in [7, 11) is 0. The summed E-state index contributed by atoms with van der Waals surface area (Å²) < 4.78 is 0. The van der Waals surface area contributed by atoms with E-state index in [4.69, 9.17) is 11.1 Å². The number of nitrogens with one attached hydrogen (secondary N) is 1. The highest BCUT2D eigenvalue weighted by molar-refractivity contribution is 7.98. The highest BCUT2D eigenvalue weighted by Gasteiger charge is 2.09. The Balaban J connectivity index is 0.00000106. The lowest BCUT2D eigenvalue weighted by Gasteiger charge is -2.11. The third-order valence-electron chi connectivity index (χ3n) is 2.93. The van der Waals surface area contributed by atoms with Crippen LogP contribution in [0.25, 0.3) is 0 Å². The van der Waals surface area contributed by atoms with Gasteiger partial charge >= 0.3 is 0 Å². The maximum absolute atomic E-state index is 7.78.